The van der Waals surface area contributed by atoms with Crippen LogP contribution in [0.1, 0.15) is 22.8 Å². The number of benzene rings is 1. The Morgan fingerprint density at radius 1 is 1.09 bits per heavy atom. The molecular formula is C18H18O3S. The maximum atomic E-state index is 11.9. The van der Waals surface area contributed by atoms with Gasteiger partial charge in [-0.25, -0.2) is 0 Å². The van der Waals surface area contributed by atoms with Crippen molar-refractivity contribution in [3.8, 4) is 11.5 Å². The molecule has 0 radical (unpaired) electrons. The molecule has 4 heteroatoms. The summed E-state index contributed by atoms with van der Waals surface area (Å²) in [5.74, 6) is 1.67. The summed E-state index contributed by atoms with van der Waals surface area (Å²) in [6, 6.07) is 3.67. The Balaban J connectivity index is 2.06. The quantitative estimate of drug-likeness (QED) is 0.784. The number of rotatable bonds is 4. The van der Waals surface area contributed by atoms with E-state index in [1.54, 1.807) is 39.0 Å². The van der Waals surface area contributed by atoms with E-state index in [9.17, 15) is 4.79 Å². The summed E-state index contributed by atoms with van der Waals surface area (Å²) in [6.07, 6.45) is 10.8. The van der Waals surface area contributed by atoms with E-state index in [-0.39, 0.29) is 5.78 Å². The van der Waals surface area contributed by atoms with Gasteiger partial charge in [-0.15, -0.1) is 11.8 Å². The number of thioether (sulfide) groups is 1. The first kappa shape index (κ1) is 15.0. The molecule has 1 aliphatic heterocycles. The molecule has 0 aromatic heterocycles. The molecule has 0 saturated carbocycles. The van der Waals surface area contributed by atoms with Gasteiger partial charge in [0.1, 0.15) is 11.5 Å². The van der Waals surface area contributed by atoms with Crippen LogP contribution in [0.5, 0.6) is 11.5 Å². The summed E-state index contributed by atoms with van der Waals surface area (Å²) in [5.41, 5.74) is 1.54. The smallest absolute Gasteiger partial charge is 0.163 e. The number of methoxy groups -OCH3 is 2. The summed E-state index contributed by atoms with van der Waals surface area (Å²) in [7, 11) is 3.20. The van der Waals surface area contributed by atoms with Crippen LogP contribution >= 0.6 is 11.8 Å². The van der Waals surface area contributed by atoms with E-state index >= 15 is 0 Å². The highest BCUT2D eigenvalue weighted by molar-refractivity contribution is 8.09. The van der Waals surface area contributed by atoms with Gasteiger partial charge in [-0.1, -0.05) is 30.4 Å². The van der Waals surface area contributed by atoms with Crippen LogP contribution < -0.4 is 9.47 Å². The molecule has 1 heterocycles. The number of fused-ring (bicyclic) bond motifs is 1. The third-order valence-electron chi connectivity index (χ3n) is 3.90. The van der Waals surface area contributed by atoms with Gasteiger partial charge in [-0.3, -0.25) is 4.79 Å². The van der Waals surface area contributed by atoms with Gasteiger partial charge in [0.2, 0.25) is 0 Å². The Bertz CT molecular complexity index is 701. The first-order chi connectivity index (χ1) is 10.6. The molecule has 114 valence electrons. The number of hydrogen-bond acceptors (Lipinski definition) is 4. The van der Waals surface area contributed by atoms with Crippen LogP contribution in [0.2, 0.25) is 0 Å². The first-order valence-corrected chi connectivity index (χ1v) is 8.03. The SMILES string of the molecule is COc1cc(OC)c(C2=CC3C=CC=CC3S2)cc1C(C)=O. The van der Waals surface area contributed by atoms with Crippen LogP contribution in [0.25, 0.3) is 4.91 Å². The molecule has 3 rings (SSSR count). The van der Waals surface area contributed by atoms with Crippen LogP contribution in [0.4, 0.5) is 0 Å². The van der Waals surface area contributed by atoms with E-state index in [0.29, 0.717) is 22.5 Å². The molecule has 2 unspecified atom stereocenters. The molecule has 22 heavy (non-hydrogen) atoms. The normalized spacial score (nSPS) is 22.2. The Kier molecular flexibility index (Phi) is 4.12. The monoisotopic (exact) mass is 314 g/mol. The van der Waals surface area contributed by atoms with E-state index < -0.39 is 0 Å². The first-order valence-electron chi connectivity index (χ1n) is 7.15. The van der Waals surface area contributed by atoms with Crippen LogP contribution in [0.15, 0.2) is 42.5 Å². The van der Waals surface area contributed by atoms with Crippen LogP contribution in [-0.2, 0) is 0 Å². The van der Waals surface area contributed by atoms with Crippen molar-refractivity contribution in [3.05, 3.63) is 53.6 Å². The zero-order chi connectivity index (χ0) is 15.7. The maximum Gasteiger partial charge on any atom is 0.163 e. The zero-order valence-electron chi connectivity index (χ0n) is 12.8. The van der Waals surface area contributed by atoms with Crippen molar-refractivity contribution >= 4 is 22.5 Å². The number of carbonyl (C=O) groups excluding carboxylic acids is 1. The standard InChI is InChI=1S/C18H18O3S/c1-11(19)13-9-14(16(21-3)10-15(13)20-2)18-8-12-6-4-5-7-17(12)22-18/h4-10,12,17H,1-3H3. The highest BCUT2D eigenvalue weighted by Crippen LogP contribution is 2.48. The third kappa shape index (κ3) is 2.59. The molecule has 0 spiro atoms. The predicted molar refractivity (Wildman–Crippen MR) is 90.7 cm³/mol. The van der Waals surface area contributed by atoms with E-state index in [1.807, 2.05) is 6.07 Å². The lowest BCUT2D eigenvalue weighted by Crippen LogP contribution is -2.07. The molecule has 1 aromatic carbocycles. The van der Waals surface area contributed by atoms with Gasteiger partial charge in [0, 0.05) is 27.7 Å². The van der Waals surface area contributed by atoms with Gasteiger partial charge in [0.25, 0.3) is 0 Å². The molecule has 2 atom stereocenters. The predicted octanol–water partition coefficient (Wildman–Crippen LogP) is 4.10. The van der Waals surface area contributed by atoms with E-state index in [2.05, 4.69) is 30.4 Å². The van der Waals surface area contributed by atoms with Gasteiger partial charge in [-0.05, 0) is 13.0 Å². The van der Waals surface area contributed by atoms with Crippen LogP contribution in [-0.4, -0.2) is 25.3 Å². The molecule has 0 amide bonds. The third-order valence-corrected chi connectivity index (χ3v) is 5.25. The summed E-state index contributed by atoms with van der Waals surface area (Å²) in [6.45, 7) is 1.55. The number of hydrogen-bond donors (Lipinski definition) is 0. The van der Waals surface area contributed by atoms with Gasteiger partial charge >= 0.3 is 0 Å². The van der Waals surface area contributed by atoms with Crippen molar-refractivity contribution in [1.29, 1.82) is 0 Å². The average Bonchev–Trinajstić information content (AvgIpc) is 2.97. The number of allylic oxidation sites excluding steroid dienone is 4. The highest BCUT2D eigenvalue weighted by atomic mass is 32.2. The van der Waals surface area contributed by atoms with E-state index in [1.165, 1.54) is 0 Å². The number of Topliss-reactive ketones (excluding diaryl/α,β-unsaturated/α-hetero) is 1. The van der Waals surface area contributed by atoms with Gasteiger partial charge in [-0.2, -0.15) is 0 Å². The molecular weight excluding hydrogens is 296 g/mol. The number of ketones is 1. The van der Waals surface area contributed by atoms with E-state index in [0.717, 1.165) is 16.2 Å². The van der Waals surface area contributed by atoms with Crippen molar-refractivity contribution in [2.45, 2.75) is 12.2 Å². The fraction of sp³-hybridized carbons (Fsp3) is 0.278. The van der Waals surface area contributed by atoms with Crippen molar-refractivity contribution in [3.63, 3.8) is 0 Å². The molecule has 2 aliphatic rings. The summed E-state index contributed by atoms with van der Waals surface area (Å²) >= 11 is 1.80. The van der Waals surface area contributed by atoms with Crippen molar-refractivity contribution in [2.24, 2.45) is 5.92 Å². The molecule has 1 aromatic rings. The lowest BCUT2D eigenvalue weighted by Gasteiger charge is -2.15. The van der Waals surface area contributed by atoms with Gasteiger partial charge in [0.15, 0.2) is 5.78 Å². The molecule has 3 nitrogen and oxygen atoms in total. The van der Waals surface area contributed by atoms with Crippen molar-refractivity contribution < 1.29 is 14.3 Å². The molecule has 0 saturated heterocycles. The largest absolute Gasteiger partial charge is 0.496 e. The fourth-order valence-corrected chi connectivity index (χ4v) is 4.06. The van der Waals surface area contributed by atoms with E-state index in [4.69, 9.17) is 9.47 Å². The molecule has 0 bridgehead atoms. The second-order valence-electron chi connectivity index (χ2n) is 5.27. The van der Waals surface area contributed by atoms with Gasteiger partial charge in [0.05, 0.1) is 19.8 Å². The van der Waals surface area contributed by atoms with Crippen molar-refractivity contribution in [2.75, 3.05) is 14.2 Å². The highest BCUT2D eigenvalue weighted by Gasteiger charge is 2.28. The second kappa shape index (κ2) is 6.05. The molecule has 0 fully saturated rings. The lowest BCUT2D eigenvalue weighted by molar-refractivity contribution is 0.101. The minimum Gasteiger partial charge on any atom is -0.496 e. The average molecular weight is 314 g/mol. The minimum absolute atomic E-state index is 0.0124. The molecule has 0 N–H and O–H groups in total. The topological polar surface area (TPSA) is 35.5 Å². The summed E-state index contributed by atoms with van der Waals surface area (Å²) < 4.78 is 10.8. The van der Waals surface area contributed by atoms with Crippen LogP contribution in [0, 0.1) is 5.92 Å². The molecule has 1 aliphatic carbocycles. The maximum absolute atomic E-state index is 11.9. The van der Waals surface area contributed by atoms with Gasteiger partial charge < -0.3 is 9.47 Å². The number of ether oxygens (including phenoxy) is 2. The number of carbonyl (C=O) groups is 1. The summed E-state index contributed by atoms with van der Waals surface area (Å²) in [5, 5.41) is 0.424. The second-order valence-corrected chi connectivity index (χ2v) is 6.49. The Morgan fingerprint density at radius 3 is 2.45 bits per heavy atom. The Morgan fingerprint density at radius 2 is 1.82 bits per heavy atom. The van der Waals surface area contributed by atoms with Crippen molar-refractivity contribution in [1.82, 2.24) is 0 Å². The zero-order valence-corrected chi connectivity index (χ0v) is 13.6. The lowest BCUT2D eigenvalue weighted by atomic mass is 9.98. The fourth-order valence-electron chi connectivity index (χ4n) is 2.75. The summed E-state index contributed by atoms with van der Waals surface area (Å²) in [4.78, 5) is 13.0. The Labute approximate surface area is 134 Å². The van der Waals surface area contributed by atoms with Crippen LogP contribution in [0.3, 0.4) is 0 Å². The minimum atomic E-state index is -0.0124. The Hall–Kier alpha value is -1.94.